The number of aromatic nitrogens is 2. The monoisotopic (exact) mass is 378 g/mol. The standard InChI is InChI=1S/C13H13BrCl2N2O2/c1-4-6(14)9-10(16)7(15)5-8-11(9)18-13(20-3)12(17-8)19-2/h5-6H,4H2,1-3H3. The molecule has 0 aliphatic carbocycles. The Labute approximate surface area is 135 Å². The van der Waals surface area contributed by atoms with Gasteiger partial charge in [0, 0.05) is 10.4 Å². The Morgan fingerprint density at radius 1 is 1.20 bits per heavy atom. The van der Waals surface area contributed by atoms with Gasteiger partial charge in [-0.15, -0.1) is 0 Å². The molecule has 0 aliphatic heterocycles. The van der Waals surface area contributed by atoms with E-state index in [1.807, 2.05) is 6.92 Å². The summed E-state index contributed by atoms with van der Waals surface area (Å²) in [6.07, 6.45) is 0.838. The highest BCUT2D eigenvalue weighted by Gasteiger charge is 2.21. The van der Waals surface area contributed by atoms with E-state index in [0.717, 1.165) is 12.0 Å². The highest BCUT2D eigenvalue weighted by atomic mass is 79.9. The van der Waals surface area contributed by atoms with E-state index in [2.05, 4.69) is 25.9 Å². The summed E-state index contributed by atoms with van der Waals surface area (Å²) in [5, 5.41) is 0.915. The van der Waals surface area contributed by atoms with Crippen molar-refractivity contribution in [1.29, 1.82) is 0 Å². The lowest BCUT2D eigenvalue weighted by Gasteiger charge is -2.15. The van der Waals surface area contributed by atoms with E-state index in [1.54, 1.807) is 6.07 Å². The molecule has 0 saturated carbocycles. The Kier molecular flexibility index (Phi) is 4.94. The van der Waals surface area contributed by atoms with Crippen LogP contribution in [0.1, 0.15) is 23.7 Å². The van der Waals surface area contributed by atoms with Gasteiger partial charge in [0.15, 0.2) is 0 Å². The van der Waals surface area contributed by atoms with Crippen molar-refractivity contribution in [2.75, 3.05) is 14.2 Å². The average molecular weight is 380 g/mol. The second-order valence-corrected chi connectivity index (χ2v) is 5.96. The van der Waals surface area contributed by atoms with Crippen molar-refractivity contribution in [3.8, 4) is 11.8 Å². The van der Waals surface area contributed by atoms with Crippen molar-refractivity contribution in [3.63, 3.8) is 0 Å². The largest absolute Gasteiger partial charge is 0.477 e. The predicted octanol–water partition coefficient (Wildman–Crippen LogP) is 4.80. The predicted molar refractivity (Wildman–Crippen MR) is 84.6 cm³/mol. The Hall–Kier alpha value is -0.780. The Morgan fingerprint density at radius 2 is 1.80 bits per heavy atom. The zero-order valence-corrected chi connectivity index (χ0v) is 14.3. The molecule has 2 aromatic rings. The average Bonchev–Trinajstić information content (AvgIpc) is 2.46. The van der Waals surface area contributed by atoms with Crippen LogP contribution < -0.4 is 9.47 Å². The van der Waals surface area contributed by atoms with E-state index in [9.17, 15) is 0 Å². The maximum atomic E-state index is 6.31. The summed E-state index contributed by atoms with van der Waals surface area (Å²) in [6.45, 7) is 2.04. The minimum atomic E-state index is 0.0311. The Morgan fingerprint density at radius 3 is 2.35 bits per heavy atom. The summed E-state index contributed by atoms with van der Waals surface area (Å²) in [7, 11) is 3.02. The summed E-state index contributed by atoms with van der Waals surface area (Å²) >= 11 is 16.1. The zero-order valence-electron chi connectivity index (χ0n) is 11.2. The van der Waals surface area contributed by atoms with Gasteiger partial charge in [0.2, 0.25) is 0 Å². The third kappa shape index (κ3) is 2.67. The fourth-order valence-corrected chi connectivity index (χ4v) is 2.95. The fraction of sp³-hybridized carbons (Fsp3) is 0.385. The van der Waals surface area contributed by atoms with Crippen molar-refractivity contribution < 1.29 is 9.47 Å². The smallest absolute Gasteiger partial charge is 0.278 e. The first-order chi connectivity index (χ1) is 9.53. The van der Waals surface area contributed by atoms with Crippen LogP contribution >= 0.6 is 39.1 Å². The molecule has 1 atom stereocenters. The summed E-state index contributed by atoms with van der Waals surface area (Å²) in [6, 6.07) is 1.67. The molecule has 0 fully saturated rings. The van der Waals surface area contributed by atoms with Crippen LogP contribution in [-0.4, -0.2) is 24.2 Å². The molecule has 0 spiro atoms. The van der Waals surface area contributed by atoms with Crippen LogP contribution in [0.5, 0.6) is 11.8 Å². The van der Waals surface area contributed by atoms with Crippen LogP contribution in [0.2, 0.25) is 10.0 Å². The molecule has 0 radical (unpaired) electrons. The number of rotatable bonds is 4. The molecule has 1 unspecified atom stereocenters. The topological polar surface area (TPSA) is 44.2 Å². The third-order valence-electron chi connectivity index (χ3n) is 2.88. The van der Waals surface area contributed by atoms with E-state index in [-0.39, 0.29) is 4.83 Å². The molecule has 1 heterocycles. The van der Waals surface area contributed by atoms with Crippen LogP contribution in [0.3, 0.4) is 0 Å². The number of hydrogen-bond acceptors (Lipinski definition) is 4. The summed E-state index contributed by atoms with van der Waals surface area (Å²) in [5.74, 6) is 0.627. The van der Waals surface area contributed by atoms with Crippen molar-refractivity contribution >= 4 is 50.2 Å². The minimum absolute atomic E-state index is 0.0311. The van der Waals surface area contributed by atoms with Gasteiger partial charge < -0.3 is 9.47 Å². The van der Waals surface area contributed by atoms with Gasteiger partial charge in [-0.3, -0.25) is 0 Å². The number of ether oxygens (including phenoxy) is 2. The van der Waals surface area contributed by atoms with Crippen LogP contribution in [-0.2, 0) is 0 Å². The molecule has 1 aromatic heterocycles. The molecule has 0 N–H and O–H groups in total. The van der Waals surface area contributed by atoms with Crippen molar-refractivity contribution in [2.45, 2.75) is 18.2 Å². The van der Waals surface area contributed by atoms with E-state index in [4.69, 9.17) is 32.7 Å². The lowest BCUT2D eigenvalue weighted by molar-refractivity contribution is 0.334. The van der Waals surface area contributed by atoms with Crippen LogP contribution in [0.15, 0.2) is 6.07 Å². The highest BCUT2D eigenvalue weighted by molar-refractivity contribution is 9.09. The fourth-order valence-electron chi connectivity index (χ4n) is 1.89. The maximum absolute atomic E-state index is 6.31. The number of methoxy groups -OCH3 is 2. The van der Waals surface area contributed by atoms with Gasteiger partial charge in [-0.25, -0.2) is 9.97 Å². The Bertz CT molecular complexity index is 652. The highest BCUT2D eigenvalue weighted by Crippen LogP contribution is 2.41. The van der Waals surface area contributed by atoms with E-state index >= 15 is 0 Å². The molecule has 1 aromatic carbocycles. The van der Waals surface area contributed by atoms with Crippen LogP contribution in [0.25, 0.3) is 11.0 Å². The van der Waals surface area contributed by atoms with Crippen molar-refractivity contribution in [1.82, 2.24) is 9.97 Å². The van der Waals surface area contributed by atoms with E-state index < -0.39 is 0 Å². The van der Waals surface area contributed by atoms with Crippen molar-refractivity contribution in [3.05, 3.63) is 21.7 Å². The van der Waals surface area contributed by atoms with Gasteiger partial charge in [0.05, 0.1) is 35.3 Å². The summed E-state index contributed by atoms with van der Waals surface area (Å²) in [4.78, 5) is 8.85. The van der Waals surface area contributed by atoms with Crippen LogP contribution in [0.4, 0.5) is 0 Å². The molecular formula is C13H13BrCl2N2O2. The number of alkyl halides is 1. The second-order valence-electron chi connectivity index (χ2n) is 4.07. The number of fused-ring (bicyclic) bond motifs is 1. The number of halogens is 3. The van der Waals surface area contributed by atoms with E-state index in [0.29, 0.717) is 32.8 Å². The molecule has 4 nitrogen and oxygen atoms in total. The molecular weight excluding hydrogens is 367 g/mol. The lowest BCUT2D eigenvalue weighted by Crippen LogP contribution is -2.01. The molecule has 20 heavy (non-hydrogen) atoms. The van der Waals surface area contributed by atoms with Gasteiger partial charge in [-0.1, -0.05) is 46.1 Å². The maximum Gasteiger partial charge on any atom is 0.278 e. The first-order valence-corrected chi connectivity index (χ1v) is 7.62. The number of nitrogens with zero attached hydrogens (tertiary/aromatic N) is 2. The quantitative estimate of drug-likeness (QED) is 0.715. The summed E-state index contributed by atoms with van der Waals surface area (Å²) in [5.41, 5.74) is 2.08. The van der Waals surface area contributed by atoms with Gasteiger partial charge >= 0.3 is 0 Å². The lowest BCUT2D eigenvalue weighted by atomic mass is 10.1. The SMILES string of the molecule is CCC(Br)c1c(Cl)c(Cl)cc2nc(OC)c(OC)nc12. The number of hydrogen-bond donors (Lipinski definition) is 0. The molecule has 108 valence electrons. The first kappa shape index (κ1) is 15.6. The second kappa shape index (κ2) is 6.33. The molecule has 0 amide bonds. The van der Waals surface area contributed by atoms with Crippen molar-refractivity contribution in [2.24, 2.45) is 0 Å². The zero-order chi connectivity index (χ0) is 14.9. The van der Waals surface area contributed by atoms with Gasteiger partial charge in [0.1, 0.15) is 0 Å². The van der Waals surface area contributed by atoms with Gasteiger partial charge in [-0.05, 0) is 12.5 Å². The first-order valence-electron chi connectivity index (χ1n) is 5.95. The minimum Gasteiger partial charge on any atom is -0.477 e. The number of benzene rings is 1. The molecule has 0 bridgehead atoms. The molecule has 0 aliphatic rings. The summed E-state index contributed by atoms with van der Waals surface area (Å²) < 4.78 is 10.3. The van der Waals surface area contributed by atoms with Crippen LogP contribution in [0, 0.1) is 0 Å². The molecule has 7 heteroatoms. The Balaban J connectivity index is 2.84. The van der Waals surface area contributed by atoms with Gasteiger partial charge in [-0.2, -0.15) is 0 Å². The molecule has 2 rings (SSSR count). The third-order valence-corrected chi connectivity index (χ3v) is 4.79. The van der Waals surface area contributed by atoms with Gasteiger partial charge in [0.25, 0.3) is 11.8 Å². The van der Waals surface area contributed by atoms with E-state index in [1.165, 1.54) is 14.2 Å². The molecule has 0 saturated heterocycles. The normalized spacial score (nSPS) is 12.5.